The third kappa shape index (κ3) is 6.58. The maximum absolute atomic E-state index is 11.1. The van der Waals surface area contributed by atoms with Gasteiger partial charge in [-0.3, -0.25) is 11.3 Å². The second-order valence-corrected chi connectivity index (χ2v) is 7.68. The van der Waals surface area contributed by atoms with Gasteiger partial charge >= 0.3 is 0 Å². The van der Waals surface area contributed by atoms with Gasteiger partial charge in [0.25, 0.3) is 0 Å². The Bertz CT molecular complexity index is 520. The third-order valence-electron chi connectivity index (χ3n) is 2.78. The highest BCUT2D eigenvalue weighted by atomic mass is 35.5. The molecule has 19 heavy (non-hydrogen) atoms. The van der Waals surface area contributed by atoms with Crippen molar-refractivity contribution in [2.24, 2.45) is 5.84 Å². The number of benzene rings is 1. The van der Waals surface area contributed by atoms with Gasteiger partial charge in [0.15, 0.2) is 0 Å². The zero-order valence-electron chi connectivity index (χ0n) is 10.7. The van der Waals surface area contributed by atoms with Crippen LogP contribution in [0.25, 0.3) is 0 Å². The molecule has 0 heterocycles. The van der Waals surface area contributed by atoms with Gasteiger partial charge < -0.3 is 0 Å². The molecule has 0 saturated carbocycles. The van der Waals surface area contributed by atoms with E-state index in [2.05, 4.69) is 5.43 Å². The summed E-state index contributed by atoms with van der Waals surface area (Å²) in [6.45, 7) is 0. The van der Waals surface area contributed by atoms with Crippen LogP contribution in [0.3, 0.4) is 0 Å². The number of rotatable bonds is 7. The third-order valence-corrected chi connectivity index (χ3v) is 4.40. The maximum atomic E-state index is 11.1. The largest absolute Gasteiger partial charge is 0.271 e. The van der Waals surface area contributed by atoms with E-state index in [0.29, 0.717) is 29.3 Å². The van der Waals surface area contributed by atoms with Gasteiger partial charge in [-0.15, -0.1) is 0 Å². The van der Waals surface area contributed by atoms with Crippen LogP contribution in [0.5, 0.6) is 0 Å². The number of nitrogens with one attached hydrogen (secondary N) is 1. The lowest BCUT2D eigenvalue weighted by Gasteiger charge is -2.16. The molecule has 1 rings (SSSR count). The summed E-state index contributed by atoms with van der Waals surface area (Å²) >= 11 is 11.9. The Hall–Kier alpha value is -0.330. The number of hydrazine groups is 1. The van der Waals surface area contributed by atoms with Gasteiger partial charge in [0, 0.05) is 28.1 Å². The van der Waals surface area contributed by atoms with E-state index in [1.165, 1.54) is 6.26 Å². The van der Waals surface area contributed by atoms with E-state index in [9.17, 15) is 8.42 Å². The first-order chi connectivity index (χ1) is 8.81. The highest BCUT2D eigenvalue weighted by Crippen LogP contribution is 2.22. The van der Waals surface area contributed by atoms with Crippen molar-refractivity contribution in [3.05, 3.63) is 33.8 Å². The molecule has 1 atom stereocenters. The quantitative estimate of drug-likeness (QED) is 0.595. The number of halogens is 2. The predicted octanol–water partition coefficient (Wildman–Crippen LogP) is 2.19. The molecule has 0 spiro atoms. The molecule has 0 radical (unpaired) electrons. The van der Waals surface area contributed by atoms with Gasteiger partial charge in [-0.2, -0.15) is 0 Å². The maximum Gasteiger partial charge on any atom is 0.147 e. The Kier molecular flexibility index (Phi) is 6.56. The number of sulfone groups is 1. The van der Waals surface area contributed by atoms with Crippen molar-refractivity contribution in [3.63, 3.8) is 0 Å². The second kappa shape index (κ2) is 7.45. The zero-order valence-corrected chi connectivity index (χ0v) is 13.0. The summed E-state index contributed by atoms with van der Waals surface area (Å²) in [7, 11) is -2.93. The van der Waals surface area contributed by atoms with Crippen LogP contribution in [-0.4, -0.2) is 26.5 Å². The standard InChI is InChI=1S/C12H18Cl2N2O2S/c1-19(17,18)6-2-3-11(16-15)7-9-4-5-10(13)8-12(9)14/h4-5,8,11,16H,2-3,6-7,15H2,1H3. The van der Waals surface area contributed by atoms with Gasteiger partial charge in [0.2, 0.25) is 0 Å². The monoisotopic (exact) mass is 324 g/mol. The van der Waals surface area contributed by atoms with E-state index < -0.39 is 9.84 Å². The van der Waals surface area contributed by atoms with Crippen molar-refractivity contribution in [2.75, 3.05) is 12.0 Å². The minimum Gasteiger partial charge on any atom is -0.271 e. The van der Waals surface area contributed by atoms with Crippen molar-refractivity contribution in [1.29, 1.82) is 0 Å². The average molecular weight is 325 g/mol. The molecule has 1 unspecified atom stereocenters. The van der Waals surface area contributed by atoms with E-state index in [1.807, 2.05) is 6.07 Å². The fraction of sp³-hybridized carbons (Fsp3) is 0.500. The van der Waals surface area contributed by atoms with Crippen molar-refractivity contribution in [2.45, 2.75) is 25.3 Å². The minimum atomic E-state index is -2.93. The molecule has 0 aromatic heterocycles. The highest BCUT2D eigenvalue weighted by molar-refractivity contribution is 7.90. The summed E-state index contributed by atoms with van der Waals surface area (Å²) in [5, 5.41) is 1.18. The first-order valence-corrected chi connectivity index (χ1v) is 8.71. The Balaban J connectivity index is 2.56. The van der Waals surface area contributed by atoms with Gasteiger partial charge in [0.1, 0.15) is 9.84 Å². The van der Waals surface area contributed by atoms with Crippen LogP contribution in [0.2, 0.25) is 10.0 Å². The molecule has 0 bridgehead atoms. The molecule has 0 amide bonds. The molecule has 0 aliphatic rings. The fourth-order valence-electron chi connectivity index (χ4n) is 1.79. The van der Waals surface area contributed by atoms with E-state index in [0.717, 1.165) is 5.56 Å². The fourth-order valence-corrected chi connectivity index (χ4v) is 2.97. The molecule has 0 aliphatic carbocycles. The van der Waals surface area contributed by atoms with Crippen LogP contribution >= 0.6 is 23.2 Å². The topological polar surface area (TPSA) is 72.2 Å². The molecule has 0 fully saturated rings. The van der Waals surface area contributed by atoms with E-state index in [4.69, 9.17) is 29.0 Å². The summed E-state index contributed by atoms with van der Waals surface area (Å²) in [6, 6.07) is 5.29. The van der Waals surface area contributed by atoms with Gasteiger partial charge in [-0.1, -0.05) is 29.3 Å². The Morgan fingerprint density at radius 2 is 2.05 bits per heavy atom. The van der Waals surface area contributed by atoms with Crippen molar-refractivity contribution in [1.82, 2.24) is 5.43 Å². The molecule has 4 nitrogen and oxygen atoms in total. The summed E-state index contributed by atoms with van der Waals surface area (Å²) in [5.41, 5.74) is 3.63. The predicted molar refractivity (Wildman–Crippen MR) is 80.2 cm³/mol. The second-order valence-electron chi connectivity index (χ2n) is 4.58. The summed E-state index contributed by atoms with van der Waals surface area (Å²) in [5.74, 6) is 5.65. The first kappa shape index (κ1) is 16.7. The lowest BCUT2D eigenvalue weighted by molar-refractivity contribution is 0.485. The van der Waals surface area contributed by atoms with Gasteiger partial charge in [0.05, 0.1) is 0 Å². The lowest BCUT2D eigenvalue weighted by Crippen LogP contribution is -2.37. The molecule has 108 valence electrons. The van der Waals surface area contributed by atoms with E-state index >= 15 is 0 Å². The van der Waals surface area contributed by atoms with Gasteiger partial charge in [-0.25, -0.2) is 8.42 Å². The highest BCUT2D eigenvalue weighted by Gasteiger charge is 2.12. The minimum absolute atomic E-state index is 0.0135. The smallest absolute Gasteiger partial charge is 0.147 e. The number of hydrogen-bond donors (Lipinski definition) is 2. The number of hydrogen-bond acceptors (Lipinski definition) is 4. The van der Waals surface area contributed by atoms with Crippen LogP contribution in [-0.2, 0) is 16.3 Å². The van der Waals surface area contributed by atoms with E-state index in [-0.39, 0.29) is 11.8 Å². The molecule has 1 aromatic carbocycles. The van der Waals surface area contributed by atoms with Crippen LogP contribution in [0, 0.1) is 0 Å². The normalized spacial score (nSPS) is 13.5. The van der Waals surface area contributed by atoms with Crippen molar-refractivity contribution < 1.29 is 8.42 Å². The van der Waals surface area contributed by atoms with Crippen LogP contribution in [0.4, 0.5) is 0 Å². The molecule has 3 N–H and O–H groups in total. The molecule has 7 heteroatoms. The van der Waals surface area contributed by atoms with Crippen molar-refractivity contribution >= 4 is 33.0 Å². The molecule has 0 saturated heterocycles. The van der Waals surface area contributed by atoms with Crippen LogP contribution in [0.1, 0.15) is 18.4 Å². The lowest BCUT2D eigenvalue weighted by atomic mass is 10.0. The molecular formula is C12H18Cl2N2O2S. The summed E-state index contributed by atoms with van der Waals surface area (Å²) in [6.07, 6.45) is 3.10. The van der Waals surface area contributed by atoms with E-state index in [1.54, 1.807) is 12.1 Å². The summed E-state index contributed by atoms with van der Waals surface area (Å²) < 4.78 is 22.1. The Morgan fingerprint density at radius 1 is 1.37 bits per heavy atom. The van der Waals surface area contributed by atoms with Gasteiger partial charge in [-0.05, 0) is 37.0 Å². The molecule has 0 aliphatic heterocycles. The zero-order chi connectivity index (χ0) is 14.5. The molecular weight excluding hydrogens is 307 g/mol. The average Bonchev–Trinajstić information content (AvgIpc) is 2.29. The van der Waals surface area contributed by atoms with Crippen molar-refractivity contribution in [3.8, 4) is 0 Å². The molecule has 1 aromatic rings. The summed E-state index contributed by atoms with van der Waals surface area (Å²) in [4.78, 5) is 0. The Labute approximate surface area is 124 Å². The Morgan fingerprint density at radius 3 is 2.58 bits per heavy atom. The SMILES string of the molecule is CS(=O)(=O)CCCC(Cc1ccc(Cl)cc1Cl)NN. The number of nitrogens with two attached hydrogens (primary N) is 1. The van der Waals surface area contributed by atoms with Crippen LogP contribution in [0.15, 0.2) is 18.2 Å². The van der Waals surface area contributed by atoms with Crippen LogP contribution < -0.4 is 11.3 Å². The first-order valence-electron chi connectivity index (χ1n) is 5.89.